The molecule has 0 unspecified atom stereocenters. The van der Waals surface area contributed by atoms with E-state index in [2.05, 4.69) is 11.4 Å². The minimum absolute atomic E-state index is 0.198. The van der Waals surface area contributed by atoms with Crippen LogP contribution in [-0.4, -0.2) is 17.0 Å². The Labute approximate surface area is 128 Å². The number of fused-ring (bicyclic) bond motifs is 1. The minimum atomic E-state index is -0.456. The summed E-state index contributed by atoms with van der Waals surface area (Å²) in [4.78, 5) is 23.9. The number of nitrogens with one attached hydrogen (secondary N) is 1. The number of hydrogen-bond donors (Lipinski definition) is 1. The normalized spacial score (nSPS) is 14.9. The van der Waals surface area contributed by atoms with Crippen molar-refractivity contribution >= 4 is 17.0 Å². The third-order valence-corrected chi connectivity index (χ3v) is 4.18. The van der Waals surface area contributed by atoms with Crippen LogP contribution in [0.25, 0.3) is 11.1 Å². The van der Waals surface area contributed by atoms with E-state index in [-0.39, 0.29) is 5.91 Å². The Morgan fingerprint density at radius 3 is 3.00 bits per heavy atom. The lowest BCUT2D eigenvalue weighted by Crippen LogP contribution is -2.25. The highest BCUT2D eigenvalue weighted by Crippen LogP contribution is 2.20. The van der Waals surface area contributed by atoms with Crippen LogP contribution in [0, 0.1) is 0 Å². The van der Waals surface area contributed by atoms with Gasteiger partial charge in [-0.25, -0.2) is 4.79 Å². The standard InChI is InChI=1S/C17H20N2O3/c1-19-14-9-5-8-13(15(14)22-17(19)21)16(20)18-11-10-12-6-3-2-4-7-12/h5-6,8-9H,2-4,7,10-11H2,1H3,(H,18,20). The first-order valence-corrected chi connectivity index (χ1v) is 7.71. The van der Waals surface area contributed by atoms with Crippen LogP contribution in [0.1, 0.15) is 42.5 Å². The molecule has 1 N–H and O–H groups in total. The van der Waals surface area contributed by atoms with Crippen LogP contribution in [0.2, 0.25) is 0 Å². The predicted molar refractivity (Wildman–Crippen MR) is 85.0 cm³/mol. The fraction of sp³-hybridized carbons (Fsp3) is 0.412. The predicted octanol–water partition coefficient (Wildman–Crippen LogP) is 2.75. The van der Waals surface area contributed by atoms with Gasteiger partial charge in [-0.05, 0) is 44.2 Å². The molecule has 0 saturated carbocycles. The van der Waals surface area contributed by atoms with Gasteiger partial charge in [-0.15, -0.1) is 0 Å². The van der Waals surface area contributed by atoms with Gasteiger partial charge in [0.05, 0.1) is 11.1 Å². The Bertz CT molecular complexity index is 783. The number of nitrogens with zero attached hydrogens (tertiary/aromatic N) is 1. The van der Waals surface area contributed by atoms with E-state index in [9.17, 15) is 9.59 Å². The summed E-state index contributed by atoms with van der Waals surface area (Å²) in [6.45, 7) is 0.609. The Balaban J connectivity index is 1.71. The van der Waals surface area contributed by atoms with Crippen molar-refractivity contribution in [2.24, 2.45) is 7.05 Å². The van der Waals surface area contributed by atoms with Gasteiger partial charge in [0.2, 0.25) is 0 Å². The van der Waals surface area contributed by atoms with Gasteiger partial charge >= 0.3 is 5.76 Å². The molecule has 1 amide bonds. The summed E-state index contributed by atoms with van der Waals surface area (Å²) in [7, 11) is 1.63. The third kappa shape index (κ3) is 2.84. The highest BCUT2D eigenvalue weighted by atomic mass is 16.4. The lowest BCUT2D eigenvalue weighted by molar-refractivity contribution is 0.0954. The number of benzene rings is 1. The molecule has 0 atom stereocenters. The molecule has 1 aromatic heterocycles. The van der Waals surface area contributed by atoms with Crippen LogP contribution in [0.4, 0.5) is 0 Å². The fourth-order valence-corrected chi connectivity index (χ4v) is 2.89. The fourth-order valence-electron chi connectivity index (χ4n) is 2.89. The van der Waals surface area contributed by atoms with Crippen LogP contribution in [0.3, 0.4) is 0 Å². The topological polar surface area (TPSA) is 64.2 Å². The third-order valence-electron chi connectivity index (χ3n) is 4.18. The molecule has 0 spiro atoms. The Kier molecular flexibility index (Phi) is 4.13. The zero-order valence-corrected chi connectivity index (χ0v) is 12.7. The van der Waals surface area contributed by atoms with E-state index in [1.807, 2.05) is 0 Å². The molecular formula is C17H20N2O3. The number of aryl methyl sites for hydroxylation is 1. The molecule has 5 nitrogen and oxygen atoms in total. The smallest absolute Gasteiger partial charge is 0.407 e. The number of rotatable bonds is 4. The monoisotopic (exact) mass is 300 g/mol. The van der Waals surface area contributed by atoms with Crippen LogP contribution >= 0.6 is 0 Å². The zero-order valence-electron chi connectivity index (χ0n) is 12.7. The second kappa shape index (κ2) is 6.22. The van der Waals surface area contributed by atoms with Crippen LogP contribution < -0.4 is 11.1 Å². The first-order valence-electron chi connectivity index (χ1n) is 7.71. The van der Waals surface area contributed by atoms with Crippen LogP contribution in [0.15, 0.2) is 39.1 Å². The van der Waals surface area contributed by atoms with E-state index in [1.54, 1.807) is 25.2 Å². The van der Waals surface area contributed by atoms with Crippen molar-refractivity contribution in [3.05, 3.63) is 46.0 Å². The molecule has 0 fully saturated rings. The quantitative estimate of drug-likeness (QED) is 0.883. The van der Waals surface area contributed by atoms with Crippen molar-refractivity contribution in [1.29, 1.82) is 0 Å². The van der Waals surface area contributed by atoms with Gasteiger partial charge in [0.15, 0.2) is 5.58 Å². The van der Waals surface area contributed by atoms with Gasteiger partial charge in [-0.1, -0.05) is 17.7 Å². The molecule has 1 aliphatic carbocycles. The average molecular weight is 300 g/mol. The molecule has 1 aromatic carbocycles. The molecule has 3 rings (SSSR count). The van der Waals surface area contributed by atoms with Crippen molar-refractivity contribution in [1.82, 2.24) is 9.88 Å². The van der Waals surface area contributed by atoms with Gasteiger partial charge in [-0.3, -0.25) is 9.36 Å². The van der Waals surface area contributed by atoms with Gasteiger partial charge in [-0.2, -0.15) is 0 Å². The maximum Gasteiger partial charge on any atom is 0.419 e. The summed E-state index contributed by atoms with van der Waals surface area (Å²) in [5.74, 6) is -0.654. The first kappa shape index (κ1) is 14.6. The van der Waals surface area contributed by atoms with Gasteiger partial charge in [0.25, 0.3) is 5.91 Å². The summed E-state index contributed by atoms with van der Waals surface area (Å²) in [5.41, 5.74) is 2.82. The Hall–Kier alpha value is -2.30. The number of hydrogen-bond acceptors (Lipinski definition) is 3. The summed E-state index contributed by atoms with van der Waals surface area (Å²) < 4.78 is 6.58. The summed E-state index contributed by atoms with van der Waals surface area (Å²) in [6, 6.07) is 5.21. The van der Waals surface area contributed by atoms with E-state index in [0.29, 0.717) is 23.2 Å². The van der Waals surface area contributed by atoms with Crippen molar-refractivity contribution in [3.8, 4) is 0 Å². The number of amides is 1. The number of carbonyl (C=O) groups excluding carboxylic acids is 1. The highest BCUT2D eigenvalue weighted by molar-refractivity contribution is 6.04. The van der Waals surface area contributed by atoms with E-state index < -0.39 is 5.76 Å². The molecule has 116 valence electrons. The van der Waals surface area contributed by atoms with Gasteiger partial charge in [0, 0.05) is 13.6 Å². The molecule has 0 radical (unpaired) electrons. The molecule has 2 aromatic rings. The molecule has 1 heterocycles. The van der Waals surface area contributed by atoms with Gasteiger partial charge in [0.1, 0.15) is 0 Å². The molecule has 0 bridgehead atoms. The number of aromatic nitrogens is 1. The lowest BCUT2D eigenvalue weighted by Gasteiger charge is -2.13. The summed E-state index contributed by atoms with van der Waals surface area (Å²) >= 11 is 0. The minimum Gasteiger partial charge on any atom is -0.407 e. The second-order valence-electron chi connectivity index (χ2n) is 5.69. The molecule has 22 heavy (non-hydrogen) atoms. The highest BCUT2D eigenvalue weighted by Gasteiger charge is 2.15. The maximum atomic E-state index is 12.3. The molecule has 0 saturated heterocycles. The van der Waals surface area contributed by atoms with E-state index >= 15 is 0 Å². The van der Waals surface area contributed by atoms with Crippen molar-refractivity contribution < 1.29 is 9.21 Å². The molecule has 5 heteroatoms. The average Bonchev–Trinajstić information content (AvgIpc) is 2.83. The summed E-state index contributed by atoms with van der Waals surface area (Å²) in [5, 5.41) is 2.92. The second-order valence-corrected chi connectivity index (χ2v) is 5.69. The molecular weight excluding hydrogens is 280 g/mol. The van der Waals surface area contributed by atoms with E-state index in [1.165, 1.54) is 23.0 Å². The Morgan fingerprint density at radius 2 is 2.23 bits per heavy atom. The summed E-state index contributed by atoms with van der Waals surface area (Å²) in [6.07, 6.45) is 7.98. The van der Waals surface area contributed by atoms with Crippen LogP contribution in [0.5, 0.6) is 0 Å². The first-order chi connectivity index (χ1) is 10.7. The largest absolute Gasteiger partial charge is 0.419 e. The SMILES string of the molecule is Cn1c(=O)oc2c(C(=O)NCCC3=CCCCC3)cccc21. The molecule has 1 aliphatic rings. The van der Waals surface area contributed by atoms with Crippen molar-refractivity contribution in [3.63, 3.8) is 0 Å². The number of allylic oxidation sites excluding steroid dienone is 1. The van der Waals surface area contributed by atoms with Gasteiger partial charge < -0.3 is 9.73 Å². The maximum absolute atomic E-state index is 12.3. The molecule has 0 aliphatic heterocycles. The zero-order chi connectivity index (χ0) is 15.5. The van der Waals surface area contributed by atoms with Crippen molar-refractivity contribution in [2.45, 2.75) is 32.1 Å². The number of carbonyl (C=O) groups is 1. The van der Waals surface area contributed by atoms with Crippen LogP contribution in [-0.2, 0) is 7.05 Å². The van der Waals surface area contributed by atoms with E-state index in [4.69, 9.17) is 4.42 Å². The lowest BCUT2D eigenvalue weighted by atomic mass is 9.97. The van der Waals surface area contributed by atoms with Crippen molar-refractivity contribution in [2.75, 3.05) is 6.54 Å². The number of oxazole rings is 1. The van der Waals surface area contributed by atoms with E-state index in [0.717, 1.165) is 19.3 Å². The number of para-hydroxylation sites is 1. The Morgan fingerprint density at radius 1 is 1.36 bits per heavy atom.